The second-order valence-corrected chi connectivity index (χ2v) is 7.40. The molecule has 2 aromatic rings. The van der Waals surface area contributed by atoms with Gasteiger partial charge in [0.25, 0.3) is 0 Å². The second-order valence-electron chi connectivity index (χ2n) is 6.26. The summed E-state index contributed by atoms with van der Waals surface area (Å²) in [4.78, 5) is 26.2. The van der Waals surface area contributed by atoms with Crippen LogP contribution in [-0.2, 0) is 24.0 Å². The third-order valence-corrected chi connectivity index (χ3v) is 5.91. The van der Waals surface area contributed by atoms with Gasteiger partial charge in [0.15, 0.2) is 12.4 Å². The summed E-state index contributed by atoms with van der Waals surface area (Å²) in [7, 11) is 0. The SMILES string of the molecule is CCc1sc(C(=O)OCC(=O)c2ccc3c(c2)CCCC3)cc1C. The van der Waals surface area contributed by atoms with Gasteiger partial charge in [0.2, 0.25) is 0 Å². The van der Waals surface area contributed by atoms with Gasteiger partial charge in [-0.05, 0) is 67.9 Å². The summed E-state index contributed by atoms with van der Waals surface area (Å²) in [5.74, 6) is -0.546. The fraction of sp³-hybridized carbons (Fsp3) is 0.400. The van der Waals surface area contributed by atoms with E-state index in [9.17, 15) is 9.59 Å². The molecular weight excluding hydrogens is 320 g/mol. The first-order valence-electron chi connectivity index (χ1n) is 8.50. The number of hydrogen-bond acceptors (Lipinski definition) is 4. The van der Waals surface area contributed by atoms with E-state index in [1.807, 2.05) is 31.2 Å². The number of carbonyl (C=O) groups is 2. The highest BCUT2D eigenvalue weighted by Crippen LogP contribution is 2.24. The first-order valence-corrected chi connectivity index (χ1v) is 9.31. The Hall–Kier alpha value is -1.94. The van der Waals surface area contributed by atoms with Crippen LogP contribution in [0.25, 0.3) is 0 Å². The zero-order valence-electron chi connectivity index (χ0n) is 14.2. The van der Waals surface area contributed by atoms with Crippen molar-refractivity contribution in [1.82, 2.24) is 0 Å². The van der Waals surface area contributed by atoms with Gasteiger partial charge in [-0.2, -0.15) is 0 Å². The summed E-state index contributed by atoms with van der Waals surface area (Å²) < 4.78 is 5.22. The minimum Gasteiger partial charge on any atom is -0.453 e. The van der Waals surface area contributed by atoms with Crippen molar-refractivity contribution in [3.63, 3.8) is 0 Å². The Bertz CT molecular complexity index is 773. The van der Waals surface area contributed by atoms with Crippen LogP contribution in [0.3, 0.4) is 0 Å². The largest absolute Gasteiger partial charge is 0.453 e. The number of thiophene rings is 1. The molecule has 1 aliphatic rings. The molecule has 0 radical (unpaired) electrons. The van der Waals surface area contributed by atoms with Crippen molar-refractivity contribution in [2.24, 2.45) is 0 Å². The summed E-state index contributed by atoms with van der Waals surface area (Å²) in [5, 5.41) is 0. The molecule has 0 saturated heterocycles. The molecule has 0 aliphatic heterocycles. The van der Waals surface area contributed by atoms with Gasteiger partial charge >= 0.3 is 5.97 Å². The van der Waals surface area contributed by atoms with Crippen molar-refractivity contribution in [2.75, 3.05) is 6.61 Å². The summed E-state index contributed by atoms with van der Waals surface area (Å²) in [6, 6.07) is 7.70. The van der Waals surface area contributed by atoms with Gasteiger partial charge in [0.1, 0.15) is 4.88 Å². The van der Waals surface area contributed by atoms with Gasteiger partial charge < -0.3 is 4.74 Å². The van der Waals surface area contributed by atoms with Crippen LogP contribution in [0.2, 0.25) is 0 Å². The highest BCUT2D eigenvalue weighted by molar-refractivity contribution is 7.14. The molecule has 0 bridgehead atoms. The fourth-order valence-corrected chi connectivity index (χ4v) is 4.17. The van der Waals surface area contributed by atoms with Crippen molar-refractivity contribution < 1.29 is 14.3 Å². The lowest BCUT2D eigenvalue weighted by Gasteiger charge is -2.16. The van der Waals surface area contributed by atoms with Crippen LogP contribution < -0.4 is 0 Å². The summed E-state index contributed by atoms with van der Waals surface area (Å²) in [6.07, 6.45) is 5.42. The number of fused-ring (bicyclic) bond motifs is 1. The molecule has 3 nitrogen and oxygen atoms in total. The van der Waals surface area contributed by atoms with Gasteiger partial charge in [-0.15, -0.1) is 11.3 Å². The quantitative estimate of drug-likeness (QED) is 0.592. The molecule has 0 fully saturated rings. The summed E-state index contributed by atoms with van der Waals surface area (Å²) >= 11 is 1.45. The smallest absolute Gasteiger partial charge is 0.348 e. The lowest BCUT2D eigenvalue weighted by atomic mass is 9.90. The molecule has 0 N–H and O–H groups in total. The lowest BCUT2D eigenvalue weighted by molar-refractivity contribution is 0.0479. The van der Waals surface area contributed by atoms with Crippen molar-refractivity contribution in [3.05, 3.63) is 56.3 Å². The van der Waals surface area contributed by atoms with E-state index >= 15 is 0 Å². The van der Waals surface area contributed by atoms with Crippen molar-refractivity contribution in [2.45, 2.75) is 46.0 Å². The predicted molar refractivity (Wildman–Crippen MR) is 96.1 cm³/mol. The van der Waals surface area contributed by atoms with E-state index in [2.05, 4.69) is 6.92 Å². The minimum atomic E-state index is -0.408. The maximum atomic E-state index is 12.3. The van der Waals surface area contributed by atoms with Crippen LogP contribution in [0.15, 0.2) is 24.3 Å². The Labute approximate surface area is 146 Å². The Balaban J connectivity index is 1.63. The molecule has 0 saturated carbocycles. The molecule has 0 unspecified atom stereocenters. The van der Waals surface area contributed by atoms with Gasteiger partial charge in [-0.3, -0.25) is 4.79 Å². The van der Waals surface area contributed by atoms with E-state index in [1.54, 1.807) is 0 Å². The average molecular weight is 342 g/mol. The Morgan fingerprint density at radius 1 is 1.12 bits per heavy atom. The highest BCUT2D eigenvalue weighted by Gasteiger charge is 2.17. The Morgan fingerprint density at radius 2 is 1.88 bits per heavy atom. The van der Waals surface area contributed by atoms with Gasteiger partial charge in [0.05, 0.1) is 0 Å². The zero-order valence-corrected chi connectivity index (χ0v) is 15.0. The molecule has 3 rings (SSSR count). The number of esters is 1. The molecule has 24 heavy (non-hydrogen) atoms. The third-order valence-electron chi connectivity index (χ3n) is 4.55. The van der Waals surface area contributed by atoms with Crippen LogP contribution in [0.5, 0.6) is 0 Å². The number of ether oxygens (including phenoxy) is 1. The van der Waals surface area contributed by atoms with Crippen molar-refractivity contribution in [3.8, 4) is 0 Å². The first-order chi connectivity index (χ1) is 11.6. The fourth-order valence-electron chi connectivity index (χ4n) is 3.16. The van der Waals surface area contributed by atoms with Gasteiger partial charge in [-0.1, -0.05) is 19.1 Å². The molecule has 126 valence electrons. The second kappa shape index (κ2) is 7.31. The predicted octanol–water partition coefficient (Wildman–Crippen LogP) is 4.54. The molecule has 4 heteroatoms. The van der Waals surface area contributed by atoms with Crippen LogP contribution in [0.4, 0.5) is 0 Å². The number of benzene rings is 1. The van der Waals surface area contributed by atoms with Crippen LogP contribution in [0.1, 0.15) is 61.4 Å². The third kappa shape index (κ3) is 3.59. The first kappa shape index (κ1) is 16.9. The molecule has 0 spiro atoms. The topological polar surface area (TPSA) is 43.4 Å². The number of ketones is 1. The van der Waals surface area contributed by atoms with Crippen molar-refractivity contribution >= 4 is 23.1 Å². The lowest BCUT2D eigenvalue weighted by Crippen LogP contribution is -2.14. The van der Waals surface area contributed by atoms with E-state index in [0.29, 0.717) is 10.4 Å². The van der Waals surface area contributed by atoms with Crippen molar-refractivity contribution in [1.29, 1.82) is 0 Å². The van der Waals surface area contributed by atoms with E-state index in [1.165, 1.54) is 40.2 Å². The summed E-state index contributed by atoms with van der Waals surface area (Å²) in [6.45, 7) is 3.86. The number of Topliss-reactive ketones (excluding diaryl/α,β-unsaturated/α-hetero) is 1. The Kier molecular flexibility index (Phi) is 5.14. The Morgan fingerprint density at radius 3 is 2.58 bits per heavy atom. The molecule has 1 aliphatic carbocycles. The molecule has 0 amide bonds. The molecular formula is C20H22O3S. The maximum Gasteiger partial charge on any atom is 0.348 e. The molecule has 1 aromatic carbocycles. The minimum absolute atomic E-state index is 0.138. The normalized spacial score (nSPS) is 13.4. The maximum absolute atomic E-state index is 12.3. The number of rotatable bonds is 5. The number of aryl methyl sites for hydroxylation is 4. The molecule has 1 heterocycles. The van der Waals surface area contributed by atoms with E-state index in [-0.39, 0.29) is 12.4 Å². The van der Waals surface area contributed by atoms with E-state index in [0.717, 1.165) is 24.8 Å². The average Bonchev–Trinajstić information content (AvgIpc) is 2.99. The van der Waals surface area contributed by atoms with Crippen LogP contribution in [-0.4, -0.2) is 18.4 Å². The van der Waals surface area contributed by atoms with E-state index in [4.69, 9.17) is 4.74 Å². The summed E-state index contributed by atoms with van der Waals surface area (Å²) in [5.41, 5.74) is 4.35. The van der Waals surface area contributed by atoms with E-state index < -0.39 is 5.97 Å². The monoisotopic (exact) mass is 342 g/mol. The standard InChI is InChI=1S/C20H22O3S/c1-3-18-13(2)10-19(24-18)20(22)23-12-17(21)16-9-8-14-6-4-5-7-15(14)11-16/h8-11H,3-7,12H2,1-2H3. The van der Waals surface area contributed by atoms with Crippen LogP contribution in [0, 0.1) is 6.92 Å². The number of carbonyl (C=O) groups excluding carboxylic acids is 2. The van der Waals surface area contributed by atoms with Gasteiger partial charge in [0, 0.05) is 10.4 Å². The molecule has 0 atom stereocenters. The number of hydrogen-bond donors (Lipinski definition) is 0. The zero-order chi connectivity index (χ0) is 17.1. The van der Waals surface area contributed by atoms with Crippen LogP contribution >= 0.6 is 11.3 Å². The molecule has 1 aromatic heterocycles. The van der Waals surface area contributed by atoms with Gasteiger partial charge in [-0.25, -0.2) is 4.79 Å². The highest BCUT2D eigenvalue weighted by atomic mass is 32.1.